The van der Waals surface area contributed by atoms with Crippen molar-refractivity contribution < 1.29 is 27.8 Å². The lowest BCUT2D eigenvalue weighted by Crippen LogP contribution is -2.55. The van der Waals surface area contributed by atoms with Gasteiger partial charge < -0.3 is 18.0 Å². The van der Waals surface area contributed by atoms with E-state index in [-0.39, 0.29) is 11.8 Å². The monoisotopic (exact) mass is 252 g/mol. The van der Waals surface area contributed by atoms with E-state index in [2.05, 4.69) is 0 Å². The normalized spacial score (nSPS) is 22.1. The van der Waals surface area contributed by atoms with Gasteiger partial charge in [-0.25, -0.2) is 9.78 Å². The summed E-state index contributed by atoms with van der Waals surface area (Å²) in [5, 5.41) is 0. The smallest absolute Gasteiger partial charge is 0.375 e. The molecule has 0 aromatic carbocycles. The maximum atomic E-state index is 5.32. The Labute approximate surface area is 97.0 Å². The molecule has 6 nitrogen and oxygen atoms in total. The molecule has 0 spiro atoms. The molecule has 0 N–H and O–H groups in total. The molecule has 2 atom stereocenters. The Morgan fingerprint density at radius 3 is 2.19 bits per heavy atom. The first-order valence-corrected chi connectivity index (χ1v) is 7.08. The van der Waals surface area contributed by atoms with E-state index in [1.165, 1.54) is 0 Å². The molecule has 0 aromatic heterocycles. The Balaban J connectivity index is 2.41. The van der Waals surface area contributed by atoms with Crippen LogP contribution in [0.4, 0.5) is 0 Å². The Hall–Kier alpha value is -0.0231. The molecule has 1 saturated heterocycles. The lowest BCUT2D eigenvalue weighted by Gasteiger charge is -2.30. The van der Waals surface area contributed by atoms with Crippen molar-refractivity contribution in [2.75, 3.05) is 34.5 Å². The summed E-state index contributed by atoms with van der Waals surface area (Å²) in [4.78, 5) is 10.4. The summed E-state index contributed by atoms with van der Waals surface area (Å²) < 4.78 is 21.0. The summed E-state index contributed by atoms with van der Waals surface area (Å²) >= 11 is 0. The number of hydrogen-bond donors (Lipinski definition) is 0. The second-order valence-corrected chi connectivity index (χ2v) is 6.52. The van der Waals surface area contributed by atoms with Gasteiger partial charge in [-0.1, -0.05) is 6.92 Å². The van der Waals surface area contributed by atoms with Crippen LogP contribution in [0.1, 0.15) is 13.3 Å². The second kappa shape index (κ2) is 6.65. The summed E-state index contributed by atoms with van der Waals surface area (Å²) in [6, 6.07) is 0. The minimum absolute atomic E-state index is 0.168. The molecule has 0 bridgehead atoms. The van der Waals surface area contributed by atoms with Crippen LogP contribution in [0.25, 0.3) is 0 Å². The van der Waals surface area contributed by atoms with E-state index < -0.39 is 8.80 Å². The minimum atomic E-state index is -2.79. The Bertz CT molecular complexity index is 186. The van der Waals surface area contributed by atoms with Crippen LogP contribution in [0.2, 0.25) is 0 Å². The molecule has 16 heavy (non-hydrogen) atoms. The van der Waals surface area contributed by atoms with Gasteiger partial charge in [0, 0.05) is 21.3 Å². The molecule has 2 unspecified atom stereocenters. The maximum Gasteiger partial charge on any atom is 0.534 e. The number of ether oxygens (including phenoxy) is 1. The third-order valence-electron chi connectivity index (χ3n) is 2.46. The lowest BCUT2D eigenvalue weighted by atomic mass is 10.5. The van der Waals surface area contributed by atoms with Gasteiger partial charge in [-0.05, 0) is 6.42 Å². The fraction of sp³-hybridized carbons (Fsp3) is 1.00. The van der Waals surface area contributed by atoms with Crippen LogP contribution in [0.15, 0.2) is 0 Å². The van der Waals surface area contributed by atoms with Gasteiger partial charge in [-0.2, -0.15) is 0 Å². The largest absolute Gasteiger partial charge is 0.534 e. The highest BCUT2D eigenvalue weighted by Gasteiger charge is 2.48. The van der Waals surface area contributed by atoms with Crippen molar-refractivity contribution in [1.82, 2.24) is 0 Å². The van der Waals surface area contributed by atoms with Gasteiger partial charge in [0.2, 0.25) is 0 Å². The zero-order chi connectivity index (χ0) is 12.0. The predicted octanol–water partition coefficient (Wildman–Crippen LogP) is 0.529. The van der Waals surface area contributed by atoms with E-state index in [9.17, 15) is 0 Å². The van der Waals surface area contributed by atoms with Crippen LogP contribution in [0.3, 0.4) is 0 Å². The van der Waals surface area contributed by atoms with Gasteiger partial charge in [-0.3, -0.25) is 0 Å². The zero-order valence-corrected chi connectivity index (χ0v) is 11.2. The second-order valence-electron chi connectivity index (χ2n) is 3.45. The Morgan fingerprint density at radius 1 is 1.25 bits per heavy atom. The highest BCUT2D eigenvalue weighted by atomic mass is 28.4. The summed E-state index contributed by atoms with van der Waals surface area (Å²) in [5.74, 6) is 0. The summed E-state index contributed by atoms with van der Waals surface area (Å²) in [7, 11) is 1.87. The average molecular weight is 252 g/mol. The standard InChI is InChI=1S/C9H20O6Si/c1-5-9(15-14-7-8-6-13-8)16(10-2,11-3)12-4/h8-9H,5-7H2,1-4H3. The number of hydrogen-bond acceptors (Lipinski definition) is 6. The van der Waals surface area contributed by atoms with Crippen molar-refractivity contribution in [3.8, 4) is 0 Å². The third-order valence-corrected chi connectivity index (χ3v) is 5.46. The molecular formula is C9H20O6Si. The van der Waals surface area contributed by atoms with Gasteiger partial charge in [-0.15, -0.1) is 0 Å². The first-order chi connectivity index (χ1) is 7.72. The number of epoxide rings is 1. The molecule has 1 heterocycles. The van der Waals surface area contributed by atoms with Crippen molar-refractivity contribution in [2.24, 2.45) is 0 Å². The average Bonchev–Trinajstić information content (AvgIpc) is 3.13. The van der Waals surface area contributed by atoms with Crippen molar-refractivity contribution in [3.63, 3.8) is 0 Å². The van der Waals surface area contributed by atoms with Gasteiger partial charge in [0.15, 0.2) is 5.73 Å². The van der Waals surface area contributed by atoms with Gasteiger partial charge in [0.25, 0.3) is 0 Å². The zero-order valence-electron chi connectivity index (χ0n) is 10.2. The van der Waals surface area contributed by atoms with Crippen molar-refractivity contribution in [1.29, 1.82) is 0 Å². The molecule has 0 aliphatic carbocycles. The predicted molar refractivity (Wildman–Crippen MR) is 57.6 cm³/mol. The van der Waals surface area contributed by atoms with E-state index >= 15 is 0 Å². The molecule has 1 rings (SSSR count). The van der Waals surface area contributed by atoms with E-state index in [1.54, 1.807) is 21.3 Å². The van der Waals surface area contributed by atoms with Gasteiger partial charge in [0.1, 0.15) is 12.7 Å². The molecule has 96 valence electrons. The van der Waals surface area contributed by atoms with E-state index in [1.807, 2.05) is 6.92 Å². The minimum Gasteiger partial charge on any atom is -0.375 e. The first kappa shape index (κ1) is 14.0. The van der Waals surface area contributed by atoms with Crippen molar-refractivity contribution in [2.45, 2.75) is 25.2 Å². The van der Waals surface area contributed by atoms with E-state index in [0.717, 1.165) is 6.61 Å². The highest BCUT2D eigenvalue weighted by molar-refractivity contribution is 6.62. The molecule has 1 fully saturated rings. The Morgan fingerprint density at radius 2 is 1.81 bits per heavy atom. The van der Waals surface area contributed by atoms with Crippen LogP contribution >= 0.6 is 0 Å². The maximum absolute atomic E-state index is 5.32. The summed E-state index contributed by atoms with van der Waals surface area (Å²) in [6.45, 7) is 3.13. The molecular weight excluding hydrogens is 232 g/mol. The topological polar surface area (TPSA) is 58.7 Å². The fourth-order valence-corrected chi connectivity index (χ4v) is 3.36. The van der Waals surface area contributed by atoms with Crippen LogP contribution in [0, 0.1) is 0 Å². The van der Waals surface area contributed by atoms with Crippen molar-refractivity contribution >= 4 is 8.80 Å². The SMILES string of the molecule is CCC(OOCC1CO1)[Si](OC)(OC)OC. The van der Waals surface area contributed by atoms with Gasteiger partial charge >= 0.3 is 8.80 Å². The van der Waals surface area contributed by atoms with Crippen LogP contribution in [-0.2, 0) is 27.8 Å². The molecule has 0 radical (unpaired) electrons. The van der Waals surface area contributed by atoms with Gasteiger partial charge in [0.05, 0.1) is 6.61 Å². The van der Waals surface area contributed by atoms with Crippen LogP contribution < -0.4 is 0 Å². The molecule has 0 aromatic rings. The van der Waals surface area contributed by atoms with Crippen LogP contribution in [-0.4, -0.2) is 55.2 Å². The third kappa shape index (κ3) is 3.49. The molecule has 7 heteroatoms. The molecule has 0 amide bonds. The Kier molecular flexibility index (Phi) is 5.83. The van der Waals surface area contributed by atoms with Crippen LogP contribution in [0.5, 0.6) is 0 Å². The summed E-state index contributed by atoms with van der Waals surface area (Å²) in [6.07, 6.45) is 0.856. The molecule has 0 saturated carbocycles. The fourth-order valence-electron chi connectivity index (χ4n) is 1.38. The highest BCUT2D eigenvalue weighted by Crippen LogP contribution is 2.19. The molecule has 1 aliphatic heterocycles. The summed E-state index contributed by atoms with van der Waals surface area (Å²) in [5.41, 5.74) is -0.328. The van der Waals surface area contributed by atoms with E-state index in [4.69, 9.17) is 27.8 Å². The van der Waals surface area contributed by atoms with Crippen molar-refractivity contribution in [3.05, 3.63) is 0 Å². The first-order valence-electron chi connectivity index (χ1n) is 5.27. The number of rotatable bonds is 9. The molecule has 1 aliphatic rings. The lowest BCUT2D eigenvalue weighted by molar-refractivity contribution is -0.318. The van der Waals surface area contributed by atoms with E-state index in [0.29, 0.717) is 13.0 Å². The quantitative estimate of drug-likeness (QED) is 0.258.